The van der Waals surface area contributed by atoms with Gasteiger partial charge in [0.15, 0.2) is 6.61 Å². The van der Waals surface area contributed by atoms with Gasteiger partial charge in [0.2, 0.25) is 0 Å². The van der Waals surface area contributed by atoms with Crippen molar-refractivity contribution in [2.45, 2.75) is 5.03 Å². The molecule has 3 aromatic rings. The highest BCUT2D eigenvalue weighted by molar-refractivity contribution is 7.99. The molecule has 150 valence electrons. The summed E-state index contributed by atoms with van der Waals surface area (Å²) in [6.45, 7) is -0.414. The first-order valence-electron chi connectivity index (χ1n) is 8.61. The van der Waals surface area contributed by atoms with Crippen molar-refractivity contribution in [3.63, 3.8) is 0 Å². The molecule has 0 saturated carbocycles. The molecule has 1 aromatic heterocycles. The highest BCUT2D eigenvalue weighted by atomic mass is 32.2. The van der Waals surface area contributed by atoms with Crippen molar-refractivity contribution in [2.75, 3.05) is 31.9 Å². The van der Waals surface area contributed by atoms with Gasteiger partial charge in [0.05, 0.1) is 42.9 Å². The summed E-state index contributed by atoms with van der Waals surface area (Å²) in [7, 11) is 3.01. The molecule has 0 unspecified atom stereocenters. The van der Waals surface area contributed by atoms with Gasteiger partial charge in [-0.3, -0.25) is 14.6 Å². The quantitative estimate of drug-likeness (QED) is 0.444. The molecule has 2 aromatic carbocycles. The number of rotatable bonds is 8. The predicted octanol–water partition coefficient (Wildman–Crippen LogP) is 2.92. The Morgan fingerprint density at radius 2 is 1.86 bits per heavy atom. The van der Waals surface area contributed by atoms with Crippen molar-refractivity contribution < 1.29 is 23.8 Å². The first-order valence-corrected chi connectivity index (χ1v) is 9.59. The van der Waals surface area contributed by atoms with Crippen molar-refractivity contribution >= 4 is 40.4 Å². The lowest BCUT2D eigenvalue weighted by Crippen LogP contribution is -2.22. The molecule has 0 spiro atoms. The average molecular weight is 413 g/mol. The summed E-state index contributed by atoms with van der Waals surface area (Å²) < 4.78 is 15.3. The predicted molar refractivity (Wildman–Crippen MR) is 109 cm³/mol. The number of hydrogen-bond donors (Lipinski definition) is 1. The molecule has 0 saturated heterocycles. The van der Waals surface area contributed by atoms with E-state index in [0.29, 0.717) is 22.2 Å². The van der Waals surface area contributed by atoms with Crippen molar-refractivity contribution in [3.05, 3.63) is 48.7 Å². The van der Waals surface area contributed by atoms with Crippen LogP contribution in [0.2, 0.25) is 0 Å². The second kappa shape index (κ2) is 9.74. The van der Waals surface area contributed by atoms with Gasteiger partial charge in [0.1, 0.15) is 16.5 Å². The Balaban J connectivity index is 1.49. The second-order valence-electron chi connectivity index (χ2n) is 5.76. The number of aromatic nitrogens is 2. The lowest BCUT2D eigenvalue weighted by atomic mass is 10.2. The third-order valence-corrected chi connectivity index (χ3v) is 4.68. The van der Waals surface area contributed by atoms with E-state index in [4.69, 9.17) is 14.2 Å². The molecule has 1 N–H and O–H groups in total. The van der Waals surface area contributed by atoms with E-state index in [1.54, 1.807) is 24.4 Å². The number of benzene rings is 2. The zero-order valence-electron chi connectivity index (χ0n) is 15.9. The van der Waals surface area contributed by atoms with E-state index in [2.05, 4.69) is 15.3 Å². The van der Waals surface area contributed by atoms with Gasteiger partial charge in [0, 0.05) is 6.07 Å². The summed E-state index contributed by atoms with van der Waals surface area (Å²) in [4.78, 5) is 32.7. The number of anilines is 1. The second-order valence-corrected chi connectivity index (χ2v) is 6.76. The van der Waals surface area contributed by atoms with Crippen LogP contribution < -0.4 is 14.8 Å². The molecule has 9 heteroatoms. The van der Waals surface area contributed by atoms with Crippen LogP contribution in [0, 0.1) is 0 Å². The summed E-state index contributed by atoms with van der Waals surface area (Å²) in [6, 6.07) is 12.5. The van der Waals surface area contributed by atoms with E-state index in [-0.39, 0.29) is 5.75 Å². The Morgan fingerprint density at radius 1 is 1.07 bits per heavy atom. The fraction of sp³-hybridized carbons (Fsp3) is 0.200. The van der Waals surface area contributed by atoms with Crippen molar-refractivity contribution in [1.29, 1.82) is 0 Å². The number of carbonyl (C=O) groups is 2. The largest absolute Gasteiger partial charge is 0.497 e. The number of amides is 1. The van der Waals surface area contributed by atoms with Crippen LogP contribution in [0.1, 0.15) is 0 Å². The fourth-order valence-corrected chi connectivity index (χ4v) is 3.07. The molecule has 0 aliphatic carbocycles. The molecule has 8 nitrogen and oxygen atoms in total. The maximum atomic E-state index is 12.1. The summed E-state index contributed by atoms with van der Waals surface area (Å²) in [5.74, 6) is 0.0306. The minimum absolute atomic E-state index is 0.0166. The van der Waals surface area contributed by atoms with Crippen LogP contribution in [-0.2, 0) is 14.3 Å². The van der Waals surface area contributed by atoms with Crippen molar-refractivity contribution in [2.24, 2.45) is 0 Å². The monoisotopic (exact) mass is 413 g/mol. The Hall–Kier alpha value is -3.33. The fourth-order valence-electron chi connectivity index (χ4n) is 2.43. The Bertz CT molecular complexity index is 1030. The number of nitrogens with one attached hydrogen (secondary N) is 1. The summed E-state index contributed by atoms with van der Waals surface area (Å²) in [6.07, 6.45) is 1.60. The van der Waals surface area contributed by atoms with Gasteiger partial charge < -0.3 is 19.5 Å². The molecular weight excluding hydrogens is 394 g/mol. The SMILES string of the molecule is COc1ccc(OC)c(NC(=O)COC(=O)CSc2cnc3ccccc3n2)c1. The van der Waals surface area contributed by atoms with Crippen molar-refractivity contribution in [3.8, 4) is 11.5 Å². The summed E-state index contributed by atoms with van der Waals surface area (Å²) in [5.41, 5.74) is 1.95. The van der Waals surface area contributed by atoms with E-state index in [1.165, 1.54) is 26.0 Å². The van der Waals surface area contributed by atoms with Gasteiger partial charge in [0.25, 0.3) is 5.91 Å². The zero-order chi connectivity index (χ0) is 20.6. The minimum atomic E-state index is -0.530. The molecular formula is C20H19N3O5S. The van der Waals surface area contributed by atoms with Gasteiger partial charge in [-0.2, -0.15) is 0 Å². The third kappa shape index (κ3) is 5.58. The van der Waals surface area contributed by atoms with Gasteiger partial charge in [-0.1, -0.05) is 23.9 Å². The summed E-state index contributed by atoms with van der Waals surface area (Å²) >= 11 is 1.19. The van der Waals surface area contributed by atoms with Gasteiger partial charge in [-0.15, -0.1) is 0 Å². The number of esters is 1. The smallest absolute Gasteiger partial charge is 0.316 e. The number of carbonyl (C=O) groups excluding carboxylic acids is 2. The van der Waals surface area contributed by atoms with Crippen LogP contribution in [-0.4, -0.2) is 48.4 Å². The molecule has 0 aliphatic heterocycles. The number of thioether (sulfide) groups is 1. The Kier molecular flexibility index (Phi) is 6.85. The molecule has 3 rings (SSSR count). The molecule has 1 heterocycles. The Morgan fingerprint density at radius 3 is 2.62 bits per heavy atom. The number of hydrogen-bond acceptors (Lipinski definition) is 8. The Labute approximate surface area is 171 Å². The molecule has 0 aliphatic rings. The number of methoxy groups -OCH3 is 2. The van der Waals surface area contributed by atoms with Crippen molar-refractivity contribution in [1.82, 2.24) is 9.97 Å². The zero-order valence-corrected chi connectivity index (χ0v) is 16.7. The number of nitrogens with zero attached hydrogens (tertiary/aromatic N) is 2. The van der Waals surface area contributed by atoms with E-state index in [1.807, 2.05) is 24.3 Å². The van der Waals surface area contributed by atoms with Crippen LogP contribution >= 0.6 is 11.8 Å². The number of ether oxygens (including phenoxy) is 3. The van der Waals surface area contributed by atoms with E-state index in [9.17, 15) is 9.59 Å². The average Bonchev–Trinajstić information content (AvgIpc) is 2.76. The number of para-hydroxylation sites is 2. The van der Waals surface area contributed by atoms with Crippen LogP contribution in [0.5, 0.6) is 11.5 Å². The first-order chi connectivity index (χ1) is 14.1. The first kappa shape index (κ1) is 20.4. The molecule has 29 heavy (non-hydrogen) atoms. The summed E-state index contributed by atoms with van der Waals surface area (Å²) in [5, 5.41) is 3.24. The maximum Gasteiger partial charge on any atom is 0.316 e. The highest BCUT2D eigenvalue weighted by Gasteiger charge is 2.12. The lowest BCUT2D eigenvalue weighted by Gasteiger charge is -2.12. The molecule has 0 radical (unpaired) electrons. The topological polar surface area (TPSA) is 99.6 Å². The van der Waals surface area contributed by atoms with Crippen LogP contribution in [0.4, 0.5) is 5.69 Å². The van der Waals surface area contributed by atoms with Gasteiger partial charge in [-0.25, -0.2) is 4.98 Å². The maximum absolute atomic E-state index is 12.1. The molecule has 0 atom stereocenters. The van der Waals surface area contributed by atoms with Crippen LogP contribution in [0.25, 0.3) is 11.0 Å². The van der Waals surface area contributed by atoms with Gasteiger partial charge in [-0.05, 0) is 24.3 Å². The highest BCUT2D eigenvalue weighted by Crippen LogP contribution is 2.28. The van der Waals surface area contributed by atoms with E-state index < -0.39 is 18.5 Å². The molecule has 0 fully saturated rings. The van der Waals surface area contributed by atoms with Gasteiger partial charge >= 0.3 is 5.97 Å². The normalized spacial score (nSPS) is 10.4. The number of fused-ring (bicyclic) bond motifs is 1. The van der Waals surface area contributed by atoms with E-state index in [0.717, 1.165) is 11.0 Å². The lowest BCUT2D eigenvalue weighted by molar-refractivity contribution is -0.144. The van der Waals surface area contributed by atoms with Crippen LogP contribution in [0.3, 0.4) is 0 Å². The molecule has 0 bridgehead atoms. The standard InChI is InChI=1S/C20H19N3O5S/c1-26-13-7-8-17(27-2)16(9-13)22-18(24)11-28-20(25)12-29-19-10-21-14-5-3-4-6-15(14)23-19/h3-10H,11-12H2,1-2H3,(H,22,24). The molecule has 1 amide bonds. The minimum Gasteiger partial charge on any atom is -0.497 e. The van der Waals surface area contributed by atoms with Crippen LogP contribution in [0.15, 0.2) is 53.7 Å². The third-order valence-electron chi connectivity index (χ3n) is 3.81. The van der Waals surface area contributed by atoms with E-state index >= 15 is 0 Å².